The van der Waals surface area contributed by atoms with Gasteiger partial charge in [-0.15, -0.1) is 0 Å². The van der Waals surface area contributed by atoms with Gasteiger partial charge >= 0.3 is 0 Å². The summed E-state index contributed by atoms with van der Waals surface area (Å²) >= 11 is 5.61. The fraction of sp³-hybridized carbons (Fsp3) is 0.222. The first-order chi connectivity index (χ1) is 7.08. The van der Waals surface area contributed by atoms with Crippen LogP contribution >= 0.6 is 11.6 Å². The van der Waals surface area contributed by atoms with Gasteiger partial charge in [0.25, 0.3) is 0 Å². The van der Waals surface area contributed by atoms with Crippen molar-refractivity contribution in [3.8, 4) is 11.3 Å². The first kappa shape index (κ1) is 10.0. The summed E-state index contributed by atoms with van der Waals surface area (Å²) in [5, 5.41) is 4.13. The van der Waals surface area contributed by atoms with Crippen LogP contribution in [0.25, 0.3) is 11.3 Å². The molecule has 0 N–H and O–H groups in total. The van der Waals surface area contributed by atoms with Crippen molar-refractivity contribution in [3.05, 3.63) is 29.2 Å². The van der Waals surface area contributed by atoms with Gasteiger partial charge in [-0.3, -0.25) is 4.68 Å². The number of hydrogen-bond donors (Lipinski definition) is 0. The van der Waals surface area contributed by atoms with Crippen molar-refractivity contribution in [2.45, 2.75) is 6.92 Å². The number of hydrogen-bond acceptors (Lipinski definition) is 3. The van der Waals surface area contributed by atoms with Gasteiger partial charge in [-0.1, -0.05) is 0 Å². The third-order valence-corrected chi connectivity index (χ3v) is 2.17. The van der Waals surface area contributed by atoms with Crippen LogP contribution in [0.1, 0.15) is 5.69 Å². The molecule has 0 aliphatic carbocycles. The lowest BCUT2D eigenvalue weighted by Gasteiger charge is -1.99. The van der Waals surface area contributed by atoms with Gasteiger partial charge < -0.3 is 0 Å². The lowest BCUT2D eigenvalue weighted by atomic mass is 10.2. The Kier molecular flexibility index (Phi) is 2.40. The van der Waals surface area contributed by atoms with Crippen LogP contribution in [0.5, 0.6) is 0 Å². The van der Waals surface area contributed by atoms with E-state index >= 15 is 0 Å². The first-order valence-electron chi connectivity index (χ1n) is 4.26. The van der Waals surface area contributed by atoms with Crippen LogP contribution in [-0.2, 0) is 7.05 Å². The van der Waals surface area contributed by atoms with Gasteiger partial charge in [-0.05, 0) is 18.5 Å². The van der Waals surface area contributed by atoms with E-state index in [-0.39, 0.29) is 11.0 Å². The van der Waals surface area contributed by atoms with Gasteiger partial charge in [-0.2, -0.15) is 5.10 Å². The van der Waals surface area contributed by atoms with Crippen molar-refractivity contribution in [1.29, 1.82) is 0 Å². The van der Waals surface area contributed by atoms with E-state index in [9.17, 15) is 4.39 Å². The summed E-state index contributed by atoms with van der Waals surface area (Å²) in [5.74, 6) is -0.504. The molecule has 0 aromatic carbocycles. The second kappa shape index (κ2) is 3.58. The van der Waals surface area contributed by atoms with E-state index in [4.69, 9.17) is 11.6 Å². The highest BCUT2D eigenvalue weighted by atomic mass is 35.5. The lowest BCUT2D eigenvalue weighted by molar-refractivity contribution is 0.618. The molecule has 0 bridgehead atoms. The molecule has 0 aliphatic rings. The molecule has 0 saturated heterocycles. The first-order valence-corrected chi connectivity index (χ1v) is 4.64. The number of aromatic nitrogens is 4. The van der Waals surface area contributed by atoms with Gasteiger partial charge in [0, 0.05) is 18.8 Å². The second-order valence-electron chi connectivity index (χ2n) is 3.14. The Morgan fingerprint density at radius 1 is 1.47 bits per heavy atom. The molecular weight excluding hydrogens is 219 g/mol. The Morgan fingerprint density at radius 3 is 2.80 bits per heavy atom. The fourth-order valence-electron chi connectivity index (χ4n) is 1.37. The molecular formula is C9H8ClFN4. The maximum absolute atomic E-state index is 13.4. The number of halogens is 2. The second-order valence-corrected chi connectivity index (χ2v) is 3.48. The lowest BCUT2D eigenvalue weighted by Crippen LogP contribution is -1.92. The Morgan fingerprint density at radius 2 is 2.20 bits per heavy atom. The van der Waals surface area contributed by atoms with E-state index in [2.05, 4.69) is 15.1 Å². The minimum absolute atomic E-state index is 0.0228. The van der Waals surface area contributed by atoms with Gasteiger partial charge in [-0.25, -0.2) is 14.4 Å². The number of rotatable bonds is 1. The van der Waals surface area contributed by atoms with Gasteiger partial charge in [0.15, 0.2) is 5.82 Å². The fourth-order valence-corrected chi connectivity index (χ4v) is 1.50. The van der Waals surface area contributed by atoms with E-state index < -0.39 is 5.82 Å². The SMILES string of the molecule is Cc1nn(C)cc1-c1nc(Cl)ncc1F. The van der Waals surface area contributed by atoms with Gasteiger partial charge in [0.05, 0.1) is 11.9 Å². The number of aryl methyl sites for hydroxylation is 2. The van der Waals surface area contributed by atoms with Crippen molar-refractivity contribution < 1.29 is 4.39 Å². The van der Waals surface area contributed by atoms with Crippen LogP contribution in [0, 0.1) is 12.7 Å². The summed E-state index contributed by atoms with van der Waals surface area (Å²) in [6, 6.07) is 0. The monoisotopic (exact) mass is 226 g/mol. The third-order valence-electron chi connectivity index (χ3n) is 1.98. The summed E-state index contributed by atoms with van der Waals surface area (Å²) in [6.45, 7) is 1.78. The summed E-state index contributed by atoms with van der Waals surface area (Å²) in [5.41, 5.74) is 1.51. The molecule has 78 valence electrons. The predicted octanol–water partition coefficient (Wildman–Crippen LogP) is 1.98. The van der Waals surface area contributed by atoms with Crippen LogP contribution in [0.15, 0.2) is 12.4 Å². The molecule has 0 amide bonds. The zero-order valence-electron chi connectivity index (χ0n) is 8.20. The third kappa shape index (κ3) is 1.83. The maximum atomic E-state index is 13.4. The van der Waals surface area contributed by atoms with E-state index in [1.54, 1.807) is 24.9 Å². The largest absolute Gasteiger partial charge is 0.275 e. The molecule has 15 heavy (non-hydrogen) atoms. The standard InChI is InChI=1S/C9H8ClFN4/c1-5-6(4-15(2)14-5)8-7(11)3-12-9(10)13-8/h3-4H,1-2H3. The molecule has 0 aliphatic heterocycles. The quantitative estimate of drug-likeness (QED) is 0.699. The summed E-state index contributed by atoms with van der Waals surface area (Å²) in [6.07, 6.45) is 2.74. The maximum Gasteiger partial charge on any atom is 0.223 e. The van der Waals surface area contributed by atoms with Crippen molar-refractivity contribution in [2.24, 2.45) is 7.05 Å². The molecule has 2 rings (SSSR count). The summed E-state index contributed by atoms with van der Waals surface area (Å²) < 4.78 is 15.0. The topological polar surface area (TPSA) is 43.6 Å². The number of nitrogens with zero attached hydrogens (tertiary/aromatic N) is 4. The summed E-state index contributed by atoms with van der Waals surface area (Å²) in [7, 11) is 1.76. The molecule has 4 nitrogen and oxygen atoms in total. The molecule has 0 radical (unpaired) electrons. The highest BCUT2D eigenvalue weighted by Gasteiger charge is 2.13. The van der Waals surface area contributed by atoms with Crippen molar-refractivity contribution in [3.63, 3.8) is 0 Å². The van der Waals surface area contributed by atoms with Crippen molar-refractivity contribution in [2.75, 3.05) is 0 Å². The molecule has 0 fully saturated rings. The Labute approximate surface area is 90.7 Å². The van der Waals surface area contributed by atoms with E-state index in [0.29, 0.717) is 11.3 Å². The normalized spacial score (nSPS) is 10.7. The molecule has 0 atom stereocenters. The molecule has 2 aromatic heterocycles. The highest BCUT2D eigenvalue weighted by Crippen LogP contribution is 2.23. The Bertz CT molecular complexity index is 509. The Hall–Kier alpha value is -1.49. The zero-order chi connectivity index (χ0) is 11.0. The van der Waals surface area contributed by atoms with Crippen LogP contribution < -0.4 is 0 Å². The molecule has 0 saturated carbocycles. The predicted molar refractivity (Wildman–Crippen MR) is 53.9 cm³/mol. The molecule has 6 heteroatoms. The smallest absolute Gasteiger partial charge is 0.223 e. The van der Waals surface area contributed by atoms with Crippen LogP contribution in [0.3, 0.4) is 0 Å². The molecule has 2 aromatic rings. The minimum Gasteiger partial charge on any atom is -0.275 e. The van der Waals surface area contributed by atoms with Crippen LogP contribution in [-0.4, -0.2) is 19.7 Å². The summed E-state index contributed by atoms with van der Waals surface area (Å²) in [4.78, 5) is 7.40. The molecule has 0 unspecified atom stereocenters. The minimum atomic E-state index is -0.504. The average molecular weight is 227 g/mol. The van der Waals surface area contributed by atoms with E-state index in [0.717, 1.165) is 6.20 Å². The van der Waals surface area contributed by atoms with Crippen LogP contribution in [0.2, 0.25) is 5.28 Å². The highest BCUT2D eigenvalue weighted by molar-refractivity contribution is 6.28. The molecule has 2 heterocycles. The van der Waals surface area contributed by atoms with Gasteiger partial charge in [0.1, 0.15) is 5.69 Å². The Balaban J connectivity index is 2.62. The van der Waals surface area contributed by atoms with E-state index in [1.807, 2.05) is 0 Å². The van der Waals surface area contributed by atoms with Crippen LogP contribution in [0.4, 0.5) is 4.39 Å². The van der Waals surface area contributed by atoms with Gasteiger partial charge in [0.2, 0.25) is 5.28 Å². The van der Waals surface area contributed by atoms with E-state index in [1.165, 1.54) is 0 Å². The van der Waals surface area contributed by atoms with Crippen molar-refractivity contribution in [1.82, 2.24) is 19.7 Å². The molecule has 0 spiro atoms. The van der Waals surface area contributed by atoms with Crippen molar-refractivity contribution >= 4 is 11.6 Å². The average Bonchev–Trinajstić information content (AvgIpc) is 2.50. The zero-order valence-corrected chi connectivity index (χ0v) is 8.96.